The fraction of sp³-hybridized carbons (Fsp3) is 0.269. The number of rotatable bonds is 5. The van der Waals surface area contributed by atoms with Crippen LogP contribution in [0, 0.1) is 17.0 Å². The molecule has 1 N–H and O–H groups in total. The van der Waals surface area contributed by atoms with Gasteiger partial charge in [0.05, 0.1) is 22.4 Å². The first-order valence-electron chi connectivity index (χ1n) is 10.7. The van der Waals surface area contributed by atoms with Gasteiger partial charge in [0.1, 0.15) is 0 Å². The van der Waals surface area contributed by atoms with Crippen LogP contribution in [-0.2, 0) is 0 Å². The zero-order valence-corrected chi connectivity index (χ0v) is 18.5. The van der Waals surface area contributed by atoms with Gasteiger partial charge in [0.2, 0.25) is 0 Å². The smallest absolute Gasteiger partial charge is 0.159 e. The minimum atomic E-state index is -0.972. The summed E-state index contributed by atoms with van der Waals surface area (Å²) in [5.74, 6) is -1.90. The van der Waals surface area contributed by atoms with Crippen LogP contribution >= 0.6 is 0 Å². The van der Waals surface area contributed by atoms with Crippen LogP contribution in [0.15, 0.2) is 54.7 Å². The molecule has 1 aromatic carbocycles. The summed E-state index contributed by atoms with van der Waals surface area (Å²) in [6.07, 6.45) is 9.07. The van der Waals surface area contributed by atoms with E-state index in [0.29, 0.717) is 22.9 Å². The molecule has 0 radical (unpaired) electrons. The van der Waals surface area contributed by atoms with Crippen molar-refractivity contribution in [1.29, 1.82) is 5.41 Å². The van der Waals surface area contributed by atoms with Crippen LogP contribution in [0.3, 0.4) is 0 Å². The summed E-state index contributed by atoms with van der Waals surface area (Å²) in [6, 6.07) is 9.77. The monoisotopic (exact) mass is 432 g/mol. The van der Waals surface area contributed by atoms with Gasteiger partial charge in [0.15, 0.2) is 11.6 Å². The molecular weight excluding hydrogens is 406 g/mol. The number of pyridine rings is 2. The van der Waals surface area contributed by atoms with E-state index in [9.17, 15) is 8.78 Å². The Morgan fingerprint density at radius 3 is 2.56 bits per heavy atom. The van der Waals surface area contributed by atoms with E-state index in [1.54, 1.807) is 19.1 Å². The Morgan fingerprint density at radius 2 is 1.91 bits per heavy atom. The Bertz CT molecular complexity index is 1240. The Morgan fingerprint density at radius 1 is 1.09 bits per heavy atom. The van der Waals surface area contributed by atoms with Crippen molar-refractivity contribution in [3.63, 3.8) is 0 Å². The zero-order valence-electron chi connectivity index (χ0n) is 18.5. The van der Waals surface area contributed by atoms with Crippen molar-refractivity contribution in [2.24, 2.45) is 0 Å². The van der Waals surface area contributed by atoms with Gasteiger partial charge in [-0.25, -0.2) is 13.8 Å². The summed E-state index contributed by atoms with van der Waals surface area (Å²) in [5, 5.41) is 8.53. The van der Waals surface area contributed by atoms with Crippen molar-refractivity contribution in [1.82, 2.24) is 14.9 Å². The molecule has 0 fully saturated rings. The number of nitrogens with zero attached hydrogens (tertiary/aromatic N) is 3. The Labute approximate surface area is 186 Å². The molecule has 2 aromatic heterocycles. The first-order chi connectivity index (χ1) is 15.4. The van der Waals surface area contributed by atoms with Gasteiger partial charge in [-0.3, -0.25) is 10.4 Å². The second-order valence-corrected chi connectivity index (χ2v) is 8.29. The van der Waals surface area contributed by atoms with Gasteiger partial charge >= 0.3 is 0 Å². The molecule has 0 aliphatic heterocycles. The third kappa shape index (κ3) is 4.36. The molecule has 4 rings (SSSR count). The standard InChI is InChI=1S/C26H26F2N4/c1-4-20(26(29)17-7-10-21(27)22(28)13-17)23-11-12-24-25(31-23)14-18(15-30-24)16-5-8-19(9-6-16)32(2)3/h4-5,7,10-15,19,29H,6,8-9H2,1-3H3/b20-4-,29-26?. The van der Waals surface area contributed by atoms with Crippen LogP contribution in [0.5, 0.6) is 0 Å². The normalized spacial score (nSPS) is 17.0. The van der Waals surface area contributed by atoms with E-state index in [1.807, 2.05) is 18.3 Å². The van der Waals surface area contributed by atoms with Crippen LogP contribution in [-0.4, -0.2) is 40.7 Å². The molecule has 0 saturated heterocycles. The number of nitrogens with one attached hydrogen (secondary N) is 1. The molecule has 4 nitrogen and oxygen atoms in total. The molecule has 1 aliphatic carbocycles. The van der Waals surface area contributed by atoms with E-state index in [4.69, 9.17) is 10.4 Å². The number of halogens is 2. The van der Waals surface area contributed by atoms with Crippen molar-refractivity contribution >= 4 is 27.9 Å². The molecule has 164 valence electrons. The average molecular weight is 433 g/mol. The van der Waals surface area contributed by atoms with Crippen LogP contribution in [0.25, 0.3) is 22.2 Å². The second kappa shape index (κ2) is 9.09. The second-order valence-electron chi connectivity index (χ2n) is 8.29. The van der Waals surface area contributed by atoms with E-state index >= 15 is 0 Å². The number of aromatic nitrogens is 2. The maximum absolute atomic E-state index is 13.7. The van der Waals surface area contributed by atoms with Crippen LogP contribution in [0.1, 0.15) is 43.0 Å². The van der Waals surface area contributed by atoms with Gasteiger partial charge < -0.3 is 4.90 Å². The molecule has 3 aromatic rings. The largest absolute Gasteiger partial charge is 0.306 e. The predicted molar refractivity (Wildman–Crippen MR) is 126 cm³/mol. The molecule has 32 heavy (non-hydrogen) atoms. The molecule has 0 saturated carbocycles. The van der Waals surface area contributed by atoms with Gasteiger partial charge in [0, 0.05) is 23.4 Å². The van der Waals surface area contributed by atoms with E-state index in [0.717, 1.165) is 48.0 Å². The fourth-order valence-corrected chi connectivity index (χ4v) is 4.11. The highest BCUT2D eigenvalue weighted by Crippen LogP contribution is 2.30. The molecule has 1 aliphatic rings. The van der Waals surface area contributed by atoms with Crippen molar-refractivity contribution in [2.45, 2.75) is 32.2 Å². The van der Waals surface area contributed by atoms with Gasteiger partial charge in [0.25, 0.3) is 0 Å². The lowest BCUT2D eigenvalue weighted by Gasteiger charge is -2.27. The van der Waals surface area contributed by atoms with Crippen molar-refractivity contribution in [3.8, 4) is 0 Å². The quantitative estimate of drug-likeness (QED) is 0.513. The minimum Gasteiger partial charge on any atom is -0.306 e. The van der Waals surface area contributed by atoms with Crippen molar-refractivity contribution in [3.05, 3.63) is 83.2 Å². The lowest BCUT2D eigenvalue weighted by molar-refractivity contribution is 0.277. The van der Waals surface area contributed by atoms with E-state index in [1.165, 1.54) is 11.6 Å². The summed E-state index contributed by atoms with van der Waals surface area (Å²) in [7, 11) is 4.23. The lowest BCUT2D eigenvalue weighted by Crippen LogP contribution is -2.28. The number of allylic oxidation sites excluding steroid dienone is 3. The average Bonchev–Trinajstić information content (AvgIpc) is 2.80. The van der Waals surface area contributed by atoms with Gasteiger partial charge in [-0.05, 0) is 87.8 Å². The third-order valence-corrected chi connectivity index (χ3v) is 6.06. The third-order valence-electron chi connectivity index (χ3n) is 6.06. The molecule has 0 bridgehead atoms. The lowest BCUT2D eigenvalue weighted by atomic mass is 9.91. The molecule has 1 atom stereocenters. The molecule has 0 amide bonds. The van der Waals surface area contributed by atoms with Crippen LogP contribution in [0.2, 0.25) is 0 Å². The van der Waals surface area contributed by atoms with Crippen molar-refractivity contribution < 1.29 is 8.78 Å². The molecular formula is C26H26F2N4. The van der Waals surface area contributed by atoms with Gasteiger partial charge in [-0.1, -0.05) is 12.2 Å². The first-order valence-corrected chi connectivity index (χ1v) is 10.7. The molecule has 2 heterocycles. The topological polar surface area (TPSA) is 52.9 Å². The minimum absolute atomic E-state index is 0.0899. The Kier molecular flexibility index (Phi) is 6.24. The number of hydrogen-bond donors (Lipinski definition) is 1. The Balaban J connectivity index is 1.66. The van der Waals surface area contributed by atoms with Crippen LogP contribution < -0.4 is 0 Å². The molecule has 0 spiro atoms. The van der Waals surface area contributed by atoms with Gasteiger partial charge in [-0.2, -0.15) is 0 Å². The SMILES string of the molecule is C/C=C(\C(=N)c1ccc(F)c(F)c1)c1ccc2ncc(C3=CCC(N(C)C)CC3)cc2n1. The zero-order chi connectivity index (χ0) is 22.8. The molecule has 1 unspecified atom stereocenters. The highest BCUT2D eigenvalue weighted by atomic mass is 19.2. The summed E-state index contributed by atoms with van der Waals surface area (Å²) in [4.78, 5) is 11.6. The first kappa shape index (κ1) is 22.0. The summed E-state index contributed by atoms with van der Waals surface area (Å²) >= 11 is 0. The van der Waals surface area contributed by atoms with E-state index in [2.05, 4.69) is 30.1 Å². The number of benzene rings is 1. The van der Waals surface area contributed by atoms with E-state index < -0.39 is 11.6 Å². The Hall–Kier alpha value is -3.25. The van der Waals surface area contributed by atoms with Gasteiger partial charge in [-0.15, -0.1) is 0 Å². The maximum atomic E-state index is 13.7. The van der Waals surface area contributed by atoms with E-state index in [-0.39, 0.29) is 5.71 Å². The van der Waals surface area contributed by atoms with Crippen LogP contribution in [0.4, 0.5) is 8.78 Å². The highest BCUT2D eigenvalue weighted by molar-refractivity contribution is 6.30. The highest BCUT2D eigenvalue weighted by Gasteiger charge is 2.18. The summed E-state index contributed by atoms with van der Waals surface area (Å²) < 4.78 is 27.0. The van der Waals surface area contributed by atoms with Crippen molar-refractivity contribution in [2.75, 3.05) is 14.1 Å². The maximum Gasteiger partial charge on any atom is 0.159 e. The molecule has 6 heteroatoms. The number of hydrogen-bond acceptors (Lipinski definition) is 4. The predicted octanol–water partition coefficient (Wildman–Crippen LogP) is 5.88. The summed E-state index contributed by atoms with van der Waals surface area (Å²) in [5.41, 5.74) is 5.40. The fourth-order valence-electron chi connectivity index (χ4n) is 4.11. The summed E-state index contributed by atoms with van der Waals surface area (Å²) in [6.45, 7) is 1.80. The number of fused-ring (bicyclic) bond motifs is 1.